The van der Waals surface area contributed by atoms with Gasteiger partial charge in [0.25, 0.3) is 0 Å². The second kappa shape index (κ2) is 10.9. The summed E-state index contributed by atoms with van der Waals surface area (Å²) >= 11 is 0. The molecule has 7 nitrogen and oxygen atoms in total. The van der Waals surface area contributed by atoms with Gasteiger partial charge in [-0.2, -0.15) is 0 Å². The highest BCUT2D eigenvalue weighted by Gasteiger charge is 2.30. The van der Waals surface area contributed by atoms with Gasteiger partial charge in [0, 0.05) is 47.8 Å². The Morgan fingerprint density at radius 3 is 2.61 bits per heavy atom. The number of carbonyl (C=O) groups is 1. The minimum atomic E-state index is 0.0482. The number of likely N-dealkylation sites (tertiary alicyclic amines) is 1. The number of rotatable bonds is 8. The van der Waals surface area contributed by atoms with Crippen LogP contribution in [0.1, 0.15) is 24.8 Å². The van der Waals surface area contributed by atoms with Crippen molar-refractivity contribution < 1.29 is 9.53 Å². The first-order chi connectivity index (χ1) is 13.5. The number of nitrogens with one attached hydrogen (secondary N) is 1. The number of amides is 1. The lowest BCUT2D eigenvalue weighted by Gasteiger charge is -2.26. The Labute approximate surface area is 169 Å². The van der Waals surface area contributed by atoms with Crippen LogP contribution in [0.3, 0.4) is 0 Å². The van der Waals surface area contributed by atoms with Gasteiger partial charge in [-0.1, -0.05) is 12.1 Å². The predicted molar refractivity (Wildman–Crippen MR) is 114 cm³/mol. The summed E-state index contributed by atoms with van der Waals surface area (Å²) in [6.45, 7) is 3.54. The molecule has 1 aliphatic rings. The minimum Gasteiger partial charge on any atom is -0.497 e. The number of guanidine groups is 1. The van der Waals surface area contributed by atoms with Gasteiger partial charge in [-0.3, -0.25) is 14.7 Å². The molecule has 0 radical (unpaired) electrons. The van der Waals surface area contributed by atoms with Crippen LogP contribution >= 0.6 is 0 Å². The van der Waals surface area contributed by atoms with Crippen molar-refractivity contribution in [3.8, 4) is 5.75 Å². The Morgan fingerprint density at radius 1 is 1.29 bits per heavy atom. The zero-order valence-electron chi connectivity index (χ0n) is 17.9. The van der Waals surface area contributed by atoms with Crippen molar-refractivity contribution in [2.75, 3.05) is 54.9 Å². The molecule has 1 aromatic rings. The number of carbonyl (C=O) groups excluding carboxylic acids is 1. The lowest BCUT2D eigenvalue weighted by atomic mass is 10.2. The molecule has 0 saturated carbocycles. The van der Waals surface area contributed by atoms with E-state index < -0.39 is 0 Å². The molecule has 1 unspecified atom stereocenters. The van der Waals surface area contributed by atoms with Crippen molar-refractivity contribution in [3.63, 3.8) is 0 Å². The van der Waals surface area contributed by atoms with Gasteiger partial charge in [-0.05, 0) is 43.5 Å². The van der Waals surface area contributed by atoms with Gasteiger partial charge in [0.2, 0.25) is 5.91 Å². The van der Waals surface area contributed by atoms with E-state index in [0.29, 0.717) is 0 Å². The molecule has 28 heavy (non-hydrogen) atoms. The van der Waals surface area contributed by atoms with Crippen LogP contribution in [0.4, 0.5) is 0 Å². The minimum absolute atomic E-state index is 0.0482. The van der Waals surface area contributed by atoms with Gasteiger partial charge >= 0.3 is 0 Å². The van der Waals surface area contributed by atoms with E-state index in [9.17, 15) is 4.79 Å². The van der Waals surface area contributed by atoms with Crippen molar-refractivity contribution in [2.45, 2.75) is 31.8 Å². The van der Waals surface area contributed by atoms with Crippen molar-refractivity contribution in [1.82, 2.24) is 20.0 Å². The predicted octanol–water partition coefficient (Wildman–Crippen LogP) is 1.65. The number of methoxy groups -OCH3 is 1. The van der Waals surface area contributed by atoms with Gasteiger partial charge < -0.3 is 19.9 Å². The Kier molecular flexibility index (Phi) is 8.57. The first-order valence-corrected chi connectivity index (χ1v) is 9.96. The summed E-state index contributed by atoms with van der Waals surface area (Å²) in [4.78, 5) is 22.8. The molecule has 0 bridgehead atoms. The molecule has 1 amide bonds. The fourth-order valence-corrected chi connectivity index (χ4v) is 3.62. The summed E-state index contributed by atoms with van der Waals surface area (Å²) in [6.07, 6.45) is 3.05. The van der Waals surface area contributed by atoms with E-state index in [-0.39, 0.29) is 11.9 Å². The number of likely N-dealkylation sites (N-methyl/N-ethyl adjacent to an activating group) is 1. The van der Waals surface area contributed by atoms with Crippen LogP contribution in [0, 0.1) is 0 Å². The third-order valence-electron chi connectivity index (χ3n) is 5.15. The molecule has 0 aromatic heterocycles. The Hall–Kier alpha value is -2.28. The van der Waals surface area contributed by atoms with Crippen molar-refractivity contribution >= 4 is 11.9 Å². The highest BCUT2D eigenvalue weighted by Crippen LogP contribution is 2.18. The maximum atomic E-state index is 12.3. The third-order valence-corrected chi connectivity index (χ3v) is 5.15. The van der Waals surface area contributed by atoms with Gasteiger partial charge in [0.1, 0.15) is 5.75 Å². The summed E-state index contributed by atoms with van der Waals surface area (Å²) in [5, 5.41) is 3.43. The van der Waals surface area contributed by atoms with E-state index in [1.807, 2.05) is 33.3 Å². The fourth-order valence-electron chi connectivity index (χ4n) is 3.62. The van der Waals surface area contributed by atoms with Crippen LogP contribution in [-0.2, 0) is 11.3 Å². The molecule has 7 heteroatoms. The quantitative estimate of drug-likeness (QED) is 0.416. The maximum Gasteiger partial charge on any atom is 0.239 e. The SMILES string of the molecule is CN=C(NCCCN1CCCC1C(=O)N(C)C)N(C)Cc1ccc(OC)cc1. The monoisotopic (exact) mass is 389 g/mol. The lowest BCUT2D eigenvalue weighted by molar-refractivity contribution is -0.133. The lowest BCUT2D eigenvalue weighted by Crippen LogP contribution is -2.44. The van der Waals surface area contributed by atoms with Crippen molar-refractivity contribution in [3.05, 3.63) is 29.8 Å². The number of benzene rings is 1. The standard InChI is InChI=1S/C21H35N5O2/c1-22-21(25(4)16-17-9-11-18(28-5)12-10-17)23-13-7-15-26-14-6-8-19(26)20(27)24(2)3/h9-12,19H,6-8,13-16H2,1-5H3,(H,22,23). The fraction of sp³-hybridized carbons (Fsp3) is 0.619. The van der Waals surface area contributed by atoms with E-state index in [2.05, 4.69) is 32.2 Å². The number of aliphatic imine (C=N–C) groups is 1. The zero-order valence-corrected chi connectivity index (χ0v) is 17.9. The molecule has 1 fully saturated rings. The Balaban J connectivity index is 1.76. The topological polar surface area (TPSA) is 60.4 Å². The summed E-state index contributed by atoms with van der Waals surface area (Å²) in [5.41, 5.74) is 1.20. The number of ether oxygens (including phenoxy) is 1. The molecule has 156 valence electrons. The third kappa shape index (κ3) is 6.12. The van der Waals surface area contributed by atoms with E-state index in [0.717, 1.165) is 57.2 Å². The molecule has 1 saturated heterocycles. The first-order valence-electron chi connectivity index (χ1n) is 9.96. The van der Waals surface area contributed by atoms with E-state index in [1.54, 1.807) is 19.1 Å². The van der Waals surface area contributed by atoms with Crippen molar-refractivity contribution in [2.24, 2.45) is 4.99 Å². The second-order valence-electron chi connectivity index (χ2n) is 7.46. The van der Waals surface area contributed by atoms with Crippen LogP contribution in [0.15, 0.2) is 29.3 Å². The molecule has 2 rings (SSSR count). The second-order valence-corrected chi connectivity index (χ2v) is 7.46. The number of hydrogen-bond acceptors (Lipinski definition) is 4. The molecule has 1 aromatic carbocycles. The van der Waals surface area contributed by atoms with E-state index in [4.69, 9.17) is 4.74 Å². The molecule has 1 N–H and O–H groups in total. The summed E-state index contributed by atoms with van der Waals surface area (Å²) in [6, 6.07) is 8.13. The smallest absolute Gasteiger partial charge is 0.239 e. The summed E-state index contributed by atoms with van der Waals surface area (Å²) < 4.78 is 5.21. The van der Waals surface area contributed by atoms with Gasteiger partial charge in [0.05, 0.1) is 13.2 Å². The highest BCUT2D eigenvalue weighted by atomic mass is 16.5. The van der Waals surface area contributed by atoms with Crippen LogP contribution in [0.5, 0.6) is 5.75 Å². The first kappa shape index (κ1) is 22.0. The highest BCUT2D eigenvalue weighted by molar-refractivity contribution is 5.81. The Morgan fingerprint density at radius 2 is 2.00 bits per heavy atom. The van der Waals surface area contributed by atoms with Gasteiger partial charge in [-0.25, -0.2) is 0 Å². The average molecular weight is 390 g/mol. The van der Waals surface area contributed by atoms with Crippen LogP contribution < -0.4 is 10.1 Å². The molecule has 1 heterocycles. The normalized spacial score (nSPS) is 17.5. The van der Waals surface area contributed by atoms with Crippen molar-refractivity contribution in [1.29, 1.82) is 0 Å². The number of nitrogens with zero attached hydrogens (tertiary/aromatic N) is 4. The molecule has 1 atom stereocenters. The van der Waals surface area contributed by atoms with Gasteiger partial charge in [0.15, 0.2) is 5.96 Å². The molecular formula is C21H35N5O2. The van der Waals surface area contributed by atoms with Gasteiger partial charge in [-0.15, -0.1) is 0 Å². The molecular weight excluding hydrogens is 354 g/mol. The van der Waals surface area contributed by atoms with E-state index in [1.165, 1.54) is 5.56 Å². The molecule has 0 spiro atoms. The zero-order chi connectivity index (χ0) is 20.5. The maximum absolute atomic E-state index is 12.3. The van der Waals surface area contributed by atoms with Crippen LogP contribution in [0.2, 0.25) is 0 Å². The average Bonchev–Trinajstić information content (AvgIpc) is 3.16. The van der Waals surface area contributed by atoms with E-state index >= 15 is 0 Å². The largest absolute Gasteiger partial charge is 0.497 e. The van der Waals surface area contributed by atoms with Crippen LogP contribution in [-0.4, -0.2) is 87.5 Å². The summed E-state index contributed by atoms with van der Waals surface area (Å²) in [7, 11) is 9.19. The van der Waals surface area contributed by atoms with Crippen LogP contribution in [0.25, 0.3) is 0 Å². The Bertz CT molecular complexity index is 645. The molecule has 0 aliphatic carbocycles. The number of hydrogen-bond donors (Lipinski definition) is 1. The summed E-state index contributed by atoms with van der Waals surface area (Å²) in [5.74, 6) is 1.96. The molecule has 1 aliphatic heterocycles.